The molecule has 2 N–H and O–H groups in total. The summed E-state index contributed by atoms with van der Waals surface area (Å²) >= 11 is 11.9. The third kappa shape index (κ3) is 3.23. The topological polar surface area (TPSA) is 32.3 Å². The maximum absolute atomic E-state index is 13.2. The molecule has 106 valence electrons. The molecule has 0 spiro atoms. The second-order valence-corrected chi connectivity index (χ2v) is 5.57. The van der Waals surface area contributed by atoms with Gasteiger partial charge in [-0.15, -0.1) is 0 Å². The molecule has 20 heavy (non-hydrogen) atoms. The van der Waals surface area contributed by atoms with Crippen molar-refractivity contribution in [3.05, 3.63) is 63.9 Å². The molecule has 0 aliphatic rings. The quantitative estimate of drug-likeness (QED) is 0.874. The van der Waals surface area contributed by atoms with E-state index < -0.39 is 5.54 Å². The van der Waals surface area contributed by atoms with E-state index in [0.29, 0.717) is 15.7 Å². The molecule has 0 fully saturated rings. The van der Waals surface area contributed by atoms with Gasteiger partial charge in [0.25, 0.3) is 0 Å². The highest BCUT2D eigenvalue weighted by Crippen LogP contribution is 2.31. The number of benzene rings is 2. The van der Waals surface area contributed by atoms with Crippen LogP contribution in [-0.4, -0.2) is 11.7 Å². The van der Waals surface area contributed by atoms with E-state index in [1.807, 2.05) is 0 Å². The number of rotatable bonds is 4. The zero-order valence-electron chi connectivity index (χ0n) is 10.8. The standard InChI is InChI=1S/C15H14Cl2FNO/c1-15(9-20,10-5-6-13(16)14(17)7-10)19-12-4-2-3-11(18)8-12/h2-8,19-20H,9H2,1H3. The van der Waals surface area contributed by atoms with Crippen molar-refractivity contribution < 1.29 is 9.50 Å². The highest BCUT2D eigenvalue weighted by Gasteiger charge is 2.26. The number of aliphatic hydroxyl groups is 1. The Bertz CT molecular complexity index is 621. The fraction of sp³-hybridized carbons (Fsp3) is 0.200. The van der Waals surface area contributed by atoms with Crippen LogP contribution in [-0.2, 0) is 5.54 Å². The van der Waals surface area contributed by atoms with Crippen LogP contribution in [0, 0.1) is 5.82 Å². The molecule has 0 aliphatic heterocycles. The smallest absolute Gasteiger partial charge is 0.125 e. The number of anilines is 1. The van der Waals surface area contributed by atoms with Gasteiger partial charge in [0.2, 0.25) is 0 Å². The summed E-state index contributed by atoms with van der Waals surface area (Å²) < 4.78 is 13.2. The van der Waals surface area contributed by atoms with Crippen LogP contribution in [0.4, 0.5) is 10.1 Å². The van der Waals surface area contributed by atoms with Crippen LogP contribution in [0.3, 0.4) is 0 Å². The van der Waals surface area contributed by atoms with Crippen LogP contribution in [0.25, 0.3) is 0 Å². The number of aliphatic hydroxyl groups excluding tert-OH is 1. The van der Waals surface area contributed by atoms with Gasteiger partial charge in [-0.1, -0.05) is 35.3 Å². The molecule has 0 aliphatic carbocycles. The third-order valence-corrected chi connectivity index (χ3v) is 3.86. The van der Waals surface area contributed by atoms with Gasteiger partial charge in [0.15, 0.2) is 0 Å². The summed E-state index contributed by atoms with van der Waals surface area (Å²) in [5.74, 6) is -0.343. The Morgan fingerprint density at radius 1 is 1.15 bits per heavy atom. The van der Waals surface area contributed by atoms with Crippen molar-refractivity contribution in [1.82, 2.24) is 0 Å². The van der Waals surface area contributed by atoms with Crippen LogP contribution < -0.4 is 5.32 Å². The minimum atomic E-state index is -0.790. The molecular formula is C15H14Cl2FNO. The van der Waals surface area contributed by atoms with Gasteiger partial charge >= 0.3 is 0 Å². The normalized spacial score (nSPS) is 13.8. The van der Waals surface area contributed by atoms with Crippen molar-refractivity contribution in [2.45, 2.75) is 12.5 Å². The lowest BCUT2D eigenvalue weighted by Gasteiger charge is -2.31. The molecule has 5 heteroatoms. The molecule has 2 rings (SSSR count). The predicted octanol–water partition coefficient (Wildman–Crippen LogP) is 4.45. The summed E-state index contributed by atoms with van der Waals surface area (Å²) in [6.07, 6.45) is 0. The summed E-state index contributed by atoms with van der Waals surface area (Å²) in [5, 5.41) is 13.7. The molecule has 0 amide bonds. The molecule has 2 nitrogen and oxygen atoms in total. The van der Waals surface area contributed by atoms with Crippen LogP contribution in [0.5, 0.6) is 0 Å². The Morgan fingerprint density at radius 3 is 2.50 bits per heavy atom. The average molecular weight is 314 g/mol. The van der Waals surface area contributed by atoms with Gasteiger partial charge < -0.3 is 10.4 Å². The summed E-state index contributed by atoms with van der Waals surface area (Å²) in [7, 11) is 0. The van der Waals surface area contributed by atoms with E-state index in [-0.39, 0.29) is 12.4 Å². The van der Waals surface area contributed by atoms with Gasteiger partial charge in [0.05, 0.1) is 22.2 Å². The van der Waals surface area contributed by atoms with E-state index in [1.165, 1.54) is 12.1 Å². The molecule has 0 aromatic heterocycles. The van der Waals surface area contributed by atoms with E-state index in [2.05, 4.69) is 5.32 Å². The molecule has 2 aromatic carbocycles. The van der Waals surface area contributed by atoms with Crippen LogP contribution in [0.2, 0.25) is 10.0 Å². The maximum atomic E-state index is 13.2. The first kappa shape index (κ1) is 15.1. The SMILES string of the molecule is CC(CO)(Nc1cccc(F)c1)c1ccc(Cl)c(Cl)c1. The Labute approximate surface area is 127 Å². The van der Waals surface area contributed by atoms with Gasteiger partial charge in [0, 0.05) is 5.69 Å². The number of hydrogen-bond donors (Lipinski definition) is 2. The molecule has 0 saturated carbocycles. The Kier molecular flexibility index (Phi) is 4.53. The van der Waals surface area contributed by atoms with Crippen molar-refractivity contribution in [2.75, 3.05) is 11.9 Å². The molecule has 0 bridgehead atoms. The van der Waals surface area contributed by atoms with Gasteiger partial charge in [-0.25, -0.2) is 4.39 Å². The minimum absolute atomic E-state index is 0.179. The van der Waals surface area contributed by atoms with Crippen molar-refractivity contribution in [1.29, 1.82) is 0 Å². The molecule has 0 heterocycles. The lowest BCUT2D eigenvalue weighted by molar-refractivity contribution is 0.224. The van der Waals surface area contributed by atoms with Crippen molar-refractivity contribution in [3.8, 4) is 0 Å². The second-order valence-electron chi connectivity index (χ2n) is 4.75. The average Bonchev–Trinajstić information content (AvgIpc) is 2.41. The fourth-order valence-electron chi connectivity index (χ4n) is 1.93. The summed E-state index contributed by atoms with van der Waals surface area (Å²) in [6.45, 7) is 1.62. The number of nitrogens with one attached hydrogen (secondary N) is 1. The molecule has 0 saturated heterocycles. The maximum Gasteiger partial charge on any atom is 0.125 e. The Morgan fingerprint density at radius 2 is 1.90 bits per heavy atom. The first-order valence-corrected chi connectivity index (χ1v) is 6.80. The second kappa shape index (κ2) is 6.00. The first-order valence-electron chi connectivity index (χ1n) is 6.05. The third-order valence-electron chi connectivity index (χ3n) is 3.12. The number of halogens is 3. The van der Waals surface area contributed by atoms with Crippen molar-refractivity contribution in [3.63, 3.8) is 0 Å². The van der Waals surface area contributed by atoms with Gasteiger partial charge in [0.1, 0.15) is 5.82 Å². The van der Waals surface area contributed by atoms with Crippen LogP contribution in [0.15, 0.2) is 42.5 Å². The van der Waals surface area contributed by atoms with Crippen LogP contribution in [0.1, 0.15) is 12.5 Å². The van der Waals surface area contributed by atoms with Gasteiger partial charge in [-0.3, -0.25) is 0 Å². The summed E-state index contributed by atoms with van der Waals surface area (Å²) in [4.78, 5) is 0. The largest absolute Gasteiger partial charge is 0.394 e. The minimum Gasteiger partial charge on any atom is -0.394 e. The Hall–Kier alpha value is -1.29. The van der Waals surface area contributed by atoms with E-state index in [4.69, 9.17) is 23.2 Å². The fourth-order valence-corrected chi connectivity index (χ4v) is 2.23. The first-order chi connectivity index (χ1) is 9.44. The zero-order valence-corrected chi connectivity index (χ0v) is 12.3. The summed E-state index contributed by atoms with van der Waals surface area (Å²) in [6, 6.07) is 11.2. The van der Waals surface area contributed by atoms with Crippen LogP contribution >= 0.6 is 23.2 Å². The van der Waals surface area contributed by atoms with Crippen molar-refractivity contribution >= 4 is 28.9 Å². The molecule has 2 aromatic rings. The van der Waals surface area contributed by atoms with E-state index in [1.54, 1.807) is 37.3 Å². The van der Waals surface area contributed by atoms with E-state index in [0.717, 1.165) is 5.56 Å². The molecule has 0 radical (unpaired) electrons. The van der Waals surface area contributed by atoms with Gasteiger partial charge in [-0.2, -0.15) is 0 Å². The highest BCUT2D eigenvalue weighted by atomic mass is 35.5. The van der Waals surface area contributed by atoms with E-state index >= 15 is 0 Å². The predicted molar refractivity (Wildman–Crippen MR) is 80.9 cm³/mol. The Balaban J connectivity index is 2.35. The number of hydrogen-bond acceptors (Lipinski definition) is 2. The van der Waals surface area contributed by atoms with Gasteiger partial charge in [-0.05, 0) is 42.8 Å². The molecule has 1 unspecified atom stereocenters. The summed E-state index contributed by atoms with van der Waals surface area (Å²) in [5.41, 5.74) is 0.549. The lowest BCUT2D eigenvalue weighted by atomic mass is 9.92. The van der Waals surface area contributed by atoms with E-state index in [9.17, 15) is 9.50 Å². The highest BCUT2D eigenvalue weighted by molar-refractivity contribution is 6.42. The molecule has 1 atom stereocenters. The monoisotopic (exact) mass is 313 g/mol. The zero-order chi connectivity index (χ0) is 14.8. The lowest BCUT2D eigenvalue weighted by Crippen LogP contribution is -2.35. The molecular weight excluding hydrogens is 300 g/mol. The van der Waals surface area contributed by atoms with Crippen molar-refractivity contribution in [2.24, 2.45) is 0 Å².